The highest BCUT2D eigenvalue weighted by Gasteiger charge is 2.11. The summed E-state index contributed by atoms with van der Waals surface area (Å²) in [6.07, 6.45) is 3.38. The molecule has 5 heteroatoms. The van der Waals surface area contributed by atoms with Crippen molar-refractivity contribution in [2.75, 3.05) is 5.32 Å². The number of nitrogens with one attached hydrogen (secondary N) is 2. The van der Waals surface area contributed by atoms with Crippen molar-refractivity contribution in [3.63, 3.8) is 0 Å². The van der Waals surface area contributed by atoms with E-state index < -0.39 is 0 Å². The fourth-order valence-corrected chi connectivity index (χ4v) is 2.03. The number of anilines is 1. The molecule has 0 aliphatic carbocycles. The van der Waals surface area contributed by atoms with Gasteiger partial charge in [-0.1, -0.05) is 12.1 Å². The molecule has 104 valence electrons. The molecule has 2 heterocycles. The molecule has 0 radical (unpaired) electrons. The van der Waals surface area contributed by atoms with Gasteiger partial charge in [0.2, 0.25) is 0 Å². The zero-order valence-electron chi connectivity index (χ0n) is 11.5. The number of nitrogens with zero attached hydrogens (tertiary/aromatic N) is 2. The summed E-state index contributed by atoms with van der Waals surface area (Å²) in [7, 11) is 0. The summed E-state index contributed by atoms with van der Waals surface area (Å²) in [5.41, 5.74) is 3.90. The van der Waals surface area contributed by atoms with E-state index in [9.17, 15) is 4.79 Å². The van der Waals surface area contributed by atoms with Crippen molar-refractivity contribution >= 4 is 11.6 Å². The van der Waals surface area contributed by atoms with Crippen LogP contribution in [0.5, 0.6) is 0 Å². The Morgan fingerprint density at radius 1 is 1.14 bits per heavy atom. The van der Waals surface area contributed by atoms with Crippen LogP contribution in [0.3, 0.4) is 0 Å². The molecule has 3 aromatic rings. The van der Waals surface area contributed by atoms with E-state index in [1.54, 1.807) is 18.5 Å². The Bertz CT molecular complexity index is 765. The lowest BCUT2D eigenvalue weighted by Crippen LogP contribution is -2.12. The molecule has 0 spiro atoms. The van der Waals surface area contributed by atoms with Crippen molar-refractivity contribution in [3.8, 4) is 11.3 Å². The first-order valence-electron chi connectivity index (χ1n) is 6.56. The number of amides is 1. The molecule has 0 unspecified atom stereocenters. The molecule has 0 bridgehead atoms. The minimum Gasteiger partial charge on any atom is -0.321 e. The SMILES string of the molecule is Cc1cccc(NC(=O)c2cc(-c3ccncc3)n[nH]2)c1. The number of H-pyrrole nitrogens is 1. The molecule has 1 aromatic carbocycles. The molecule has 0 saturated heterocycles. The van der Waals surface area contributed by atoms with Gasteiger partial charge in [0.15, 0.2) is 0 Å². The number of pyridine rings is 1. The zero-order chi connectivity index (χ0) is 14.7. The first kappa shape index (κ1) is 13.1. The van der Waals surface area contributed by atoms with E-state index in [1.807, 2.05) is 43.3 Å². The molecule has 0 aliphatic rings. The first-order chi connectivity index (χ1) is 10.2. The smallest absolute Gasteiger partial charge is 0.273 e. The molecule has 0 saturated carbocycles. The van der Waals surface area contributed by atoms with Gasteiger partial charge in [-0.2, -0.15) is 5.10 Å². The second-order valence-corrected chi connectivity index (χ2v) is 4.73. The van der Waals surface area contributed by atoms with E-state index in [2.05, 4.69) is 20.5 Å². The van der Waals surface area contributed by atoms with Crippen LogP contribution in [0.1, 0.15) is 16.1 Å². The minimum atomic E-state index is -0.214. The largest absolute Gasteiger partial charge is 0.321 e. The second-order valence-electron chi connectivity index (χ2n) is 4.73. The fraction of sp³-hybridized carbons (Fsp3) is 0.0625. The molecule has 0 fully saturated rings. The van der Waals surface area contributed by atoms with E-state index >= 15 is 0 Å². The van der Waals surface area contributed by atoms with Gasteiger partial charge in [-0.15, -0.1) is 0 Å². The van der Waals surface area contributed by atoms with Gasteiger partial charge in [0, 0.05) is 23.6 Å². The molecule has 5 nitrogen and oxygen atoms in total. The van der Waals surface area contributed by atoms with Gasteiger partial charge in [0.1, 0.15) is 5.69 Å². The van der Waals surface area contributed by atoms with Crippen LogP contribution in [0.15, 0.2) is 54.9 Å². The Morgan fingerprint density at radius 3 is 2.71 bits per heavy atom. The Balaban J connectivity index is 1.78. The Hall–Kier alpha value is -2.95. The van der Waals surface area contributed by atoms with Crippen molar-refractivity contribution in [1.29, 1.82) is 0 Å². The van der Waals surface area contributed by atoms with Crippen LogP contribution in [-0.4, -0.2) is 21.1 Å². The number of carbonyl (C=O) groups is 1. The molecule has 2 aromatic heterocycles. The summed E-state index contributed by atoms with van der Waals surface area (Å²) in [5.74, 6) is -0.214. The van der Waals surface area contributed by atoms with Crippen molar-refractivity contribution in [3.05, 3.63) is 66.1 Å². The summed E-state index contributed by atoms with van der Waals surface area (Å²) in [6.45, 7) is 1.98. The average molecular weight is 278 g/mol. The third kappa shape index (κ3) is 2.97. The van der Waals surface area contributed by atoms with Gasteiger partial charge < -0.3 is 5.32 Å². The lowest BCUT2D eigenvalue weighted by molar-refractivity contribution is 0.102. The fourth-order valence-electron chi connectivity index (χ4n) is 2.03. The lowest BCUT2D eigenvalue weighted by atomic mass is 10.2. The Kier molecular flexibility index (Phi) is 3.47. The first-order valence-corrected chi connectivity index (χ1v) is 6.56. The summed E-state index contributed by atoms with van der Waals surface area (Å²) >= 11 is 0. The van der Waals surface area contributed by atoms with Crippen LogP contribution >= 0.6 is 0 Å². The highest BCUT2D eigenvalue weighted by atomic mass is 16.1. The summed E-state index contributed by atoms with van der Waals surface area (Å²) in [5, 5.41) is 9.75. The maximum atomic E-state index is 12.2. The third-order valence-electron chi connectivity index (χ3n) is 3.07. The number of aromatic amines is 1. The van der Waals surface area contributed by atoms with Crippen LogP contribution in [-0.2, 0) is 0 Å². The summed E-state index contributed by atoms with van der Waals surface area (Å²) in [6, 6.07) is 13.1. The van der Waals surface area contributed by atoms with Gasteiger partial charge in [0.25, 0.3) is 5.91 Å². The van der Waals surface area contributed by atoms with Crippen molar-refractivity contribution in [1.82, 2.24) is 15.2 Å². The van der Waals surface area contributed by atoms with Crippen LogP contribution in [0.2, 0.25) is 0 Å². The lowest BCUT2D eigenvalue weighted by Gasteiger charge is -2.03. The minimum absolute atomic E-state index is 0.214. The van der Waals surface area contributed by atoms with Crippen molar-refractivity contribution < 1.29 is 4.79 Å². The maximum Gasteiger partial charge on any atom is 0.273 e. The molecule has 0 atom stereocenters. The van der Waals surface area contributed by atoms with E-state index in [0.29, 0.717) is 11.4 Å². The van der Waals surface area contributed by atoms with Gasteiger partial charge in [-0.3, -0.25) is 14.9 Å². The predicted molar refractivity (Wildman–Crippen MR) is 81.0 cm³/mol. The molecule has 0 aliphatic heterocycles. The highest BCUT2D eigenvalue weighted by Crippen LogP contribution is 2.17. The normalized spacial score (nSPS) is 10.3. The van der Waals surface area contributed by atoms with Gasteiger partial charge in [-0.05, 0) is 42.8 Å². The highest BCUT2D eigenvalue weighted by molar-refractivity contribution is 6.03. The van der Waals surface area contributed by atoms with Crippen LogP contribution < -0.4 is 5.32 Å². The van der Waals surface area contributed by atoms with Crippen LogP contribution in [0.25, 0.3) is 11.3 Å². The number of aromatic nitrogens is 3. The molecule has 1 amide bonds. The van der Waals surface area contributed by atoms with E-state index in [-0.39, 0.29) is 5.91 Å². The summed E-state index contributed by atoms with van der Waals surface area (Å²) < 4.78 is 0. The van der Waals surface area contributed by atoms with Crippen molar-refractivity contribution in [2.24, 2.45) is 0 Å². The molecular formula is C16H14N4O. The van der Waals surface area contributed by atoms with Gasteiger partial charge in [-0.25, -0.2) is 0 Å². The van der Waals surface area contributed by atoms with Crippen LogP contribution in [0.4, 0.5) is 5.69 Å². The second kappa shape index (κ2) is 5.58. The maximum absolute atomic E-state index is 12.2. The Labute approximate surface area is 122 Å². The number of rotatable bonds is 3. The number of carbonyl (C=O) groups excluding carboxylic acids is 1. The average Bonchev–Trinajstić information content (AvgIpc) is 2.98. The van der Waals surface area contributed by atoms with Gasteiger partial charge >= 0.3 is 0 Å². The predicted octanol–water partition coefficient (Wildman–Crippen LogP) is 3.03. The summed E-state index contributed by atoms with van der Waals surface area (Å²) in [4.78, 5) is 16.1. The Morgan fingerprint density at radius 2 is 1.95 bits per heavy atom. The third-order valence-corrected chi connectivity index (χ3v) is 3.07. The number of aryl methyl sites for hydroxylation is 1. The molecule has 21 heavy (non-hydrogen) atoms. The molecule has 3 rings (SSSR count). The van der Waals surface area contributed by atoms with Gasteiger partial charge in [0.05, 0.1) is 5.69 Å². The topological polar surface area (TPSA) is 70.7 Å². The zero-order valence-corrected chi connectivity index (χ0v) is 11.5. The number of benzene rings is 1. The number of hydrogen-bond acceptors (Lipinski definition) is 3. The molecule has 2 N–H and O–H groups in total. The quantitative estimate of drug-likeness (QED) is 0.773. The number of hydrogen-bond donors (Lipinski definition) is 2. The van der Waals surface area contributed by atoms with Crippen LogP contribution in [0, 0.1) is 6.92 Å². The standard InChI is InChI=1S/C16H14N4O/c1-11-3-2-4-13(9-11)18-16(21)15-10-14(19-20-15)12-5-7-17-8-6-12/h2-10H,1H3,(H,18,21)(H,19,20). The van der Waals surface area contributed by atoms with Crippen molar-refractivity contribution in [2.45, 2.75) is 6.92 Å². The molecular weight excluding hydrogens is 264 g/mol. The van der Waals surface area contributed by atoms with E-state index in [1.165, 1.54) is 0 Å². The monoisotopic (exact) mass is 278 g/mol. The van der Waals surface area contributed by atoms with E-state index in [4.69, 9.17) is 0 Å². The van der Waals surface area contributed by atoms with E-state index in [0.717, 1.165) is 16.8 Å².